The Morgan fingerprint density at radius 1 is 1.00 bits per heavy atom. The highest BCUT2D eigenvalue weighted by atomic mass is 35.5. The first-order valence-electron chi connectivity index (χ1n) is 9.01. The van der Waals surface area contributed by atoms with Crippen molar-refractivity contribution in [3.8, 4) is 5.75 Å². The van der Waals surface area contributed by atoms with E-state index < -0.39 is 63.3 Å². The number of imide groups is 3. The van der Waals surface area contributed by atoms with Crippen LogP contribution in [0.25, 0.3) is 0 Å². The molecule has 2 aromatic carbocycles. The fraction of sp³-hybridized carbons (Fsp3) is 0.211. The molecule has 2 aromatic rings. The second kappa shape index (κ2) is 9.53. The fourth-order valence-electron chi connectivity index (χ4n) is 2.80. The van der Waals surface area contributed by atoms with Crippen LogP contribution < -0.4 is 10.1 Å². The van der Waals surface area contributed by atoms with Crippen LogP contribution in [0.5, 0.6) is 5.75 Å². The molecule has 0 bridgehead atoms. The van der Waals surface area contributed by atoms with Crippen molar-refractivity contribution in [3.05, 3.63) is 52.6 Å². The number of rotatable bonds is 4. The van der Waals surface area contributed by atoms with Gasteiger partial charge in [-0.25, -0.2) is 8.78 Å². The number of anilines is 1. The number of fused-ring (bicyclic) bond motifs is 1. The number of ether oxygens (including phenoxy) is 1. The molecule has 3 rings (SSSR count). The second-order valence-electron chi connectivity index (χ2n) is 6.68. The molecule has 188 valence electrons. The molecule has 1 N–H and O–H groups in total. The SMILES string of the molecule is O=C(c1c(F)ccc(OCC2Nc3cc(Cl)ccc3S2)c1F)N(C(=O)C(F)(F)F)C(=O)C(F)(F)F. The van der Waals surface area contributed by atoms with Gasteiger partial charge in [-0.15, -0.1) is 0 Å². The Bertz CT molecular complexity index is 1180. The number of carbonyl (C=O) groups is 3. The smallest absolute Gasteiger partial charge is 0.472 e. The summed E-state index contributed by atoms with van der Waals surface area (Å²) in [5.74, 6) is -14.9. The van der Waals surface area contributed by atoms with Crippen LogP contribution in [0.15, 0.2) is 35.2 Å². The van der Waals surface area contributed by atoms with Crippen LogP contribution in [-0.4, -0.2) is 47.0 Å². The summed E-state index contributed by atoms with van der Waals surface area (Å²) in [6.45, 7) is -0.375. The predicted molar refractivity (Wildman–Crippen MR) is 105 cm³/mol. The summed E-state index contributed by atoms with van der Waals surface area (Å²) >= 11 is 7.06. The fourth-order valence-corrected chi connectivity index (χ4v) is 3.99. The van der Waals surface area contributed by atoms with Gasteiger partial charge in [-0.3, -0.25) is 14.4 Å². The molecule has 3 amide bonds. The lowest BCUT2D eigenvalue weighted by atomic mass is 10.1. The van der Waals surface area contributed by atoms with Crippen LogP contribution in [0.4, 0.5) is 40.8 Å². The van der Waals surface area contributed by atoms with E-state index in [0.29, 0.717) is 22.8 Å². The Hall–Kier alpha value is -3.07. The van der Waals surface area contributed by atoms with E-state index in [-0.39, 0.29) is 6.61 Å². The van der Waals surface area contributed by atoms with Gasteiger partial charge < -0.3 is 10.1 Å². The number of amides is 3. The lowest BCUT2D eigenvalue weighted by molar-refractivity contribution is -0.199. The maximum Gasteiger partial charge on any atom is 0.472 e. The zero-order valence-electron chi connectivity index (χ0n) is 16.6. The maximum atomic E-state index is 14.8. The van der Waals surface area contributed by atoms with Crippen LogP contribution in [0.1, 0.15) is 10.4 Å². The average Bonchev–Trinajstić information content (AvgIpc) is 3.14. The molecule has 0 radical (unpaired) electrons. The molecular weight excluding hydrogens is 540 g/mol. The molecule has 0 spiro atoms. The van der Waals surface area contributed by atoms with Gasteiger partial charge in [0.25, 0.3) is 5.91 Å². The highest BCUT2D eigenvalue weighted by molar-refractivity contribution is 8.00. The molecule has 0 aliphatic carbocycles. The first-order valence-corrected chi connectivity index (χ1v) is 10.3. The number of alkyl halides is 6. The molecule has 0 saturated heterocycles. The van der Waals surface area contributed by atoms with E-state index in [2.05, 4.69) is 5.32 Å². The predicted octanol–water partition coefficient (Wildman–Crippen LogP) is 5.16. The molecule has 0 fully saturated rings. The molecule has 1 atom stereocenters. The molecule has 6 nitrogen and oxygen atoms in total. The zero-order valence-corrected chi connectivity index (χ0v) is 18.1. The van der Waals surface area contributed by atoms with Gasteiger partial charge in [0.2, 0.25) is 0 Å². The largest absolute Gasteiger partial charge is 0.487 e. The number of carbonyl (C=O) groups excluding carboxylic acids is 3. The van der Waals surface area contributed by atoms with Crippen molar-refractivity contribution < 1.29 is 54.2 Å². The van der Waals surface area contributed by atoms with Gasteiger partial charge in [0.15, 0.2) is 11.6 Å². The zero-order chi connectivity index (χ0) is 26.3. The maximum absolute atomic E-state index is 14.8. The van der Waals surface area contributed by atoms with Gasteiger partial charge in [0.1, 0.15) is 23.4 Å². The topological polar surface area (TPSA) is 75.7 Å². The van der Waals surface area contributed by atoms with E-state index in [4.69, 9.17) is 16.3 Å². The van der Waals surface area contributed by atoms with Crippen molar-refractivity contribution in [3.63, 3.8) is 0 Å². The number of benzene rings is 2. The molecule has 0 aromatic heterocycles. The van der Waals surface area contributed by atoms with Crippen LogP contribution in [-0.2, 0) is 9.59 Å². The first kappa shape index (κ1) is 26.5. The van der Waals surface area contributed by atoms with Crippen LogP contribution in [0, 0.1) is 11.6 Å². The van der Waals surface area contributed by atoms with E-state index in [1.54, 1.807) is 18.2 Å². The summed E-state index contributed by atoms with van der Waals surface area (Å²) in [4.78, 5) is 33.8. The molecule has 1 aliphatic heterocycles. The summed E-state index contributed by atoms with van der Waals surface area (Å²) in [6.07, 6.45) is -12.3. The highest BCUT2D eigenvalue weighted by Gasteiger charge is 2.55. The number of halogens is 9. The summed E-state index contributed by atoms with van der Waals surface area (Å²) in [5.41, 5.74) is -1.43. The number of hydrogen-bond acceptors (Lipinski definition) is 6. The second-order valence-corrected chi connectivity index (χ2v) is 8.36. The molecule has 0 saturated carbocycles. The van der Waals surface area contributed by atoms with Crippen molar-refractivity contribution in [2.45, 2.75) is 22.6 Å². The van der Waals surface area contributed by atoms with Gasteiger partial charge in [0.05, 0.1) is 5.69 Å². The Labute approximate surface area is 199 Å². The third-order valence-corrected chi connectivity index (χ3v) is 5.66. The summed E-state index contributed by atoms with van der Waals surface area (Å²) in [5, 5.41) is 2.76. The first-order chi connectivity index (χ1) is 16.1. The van der Waals surface area contributed by atoms with Crippen molar-refractivity contribution in [2.75, 3.05) is 11.9 Å². The molecule has 1 heterocycles. The minimum atomic E-state index is -6.15. The average molecular weight is 549 g/mol. The molecule has 1 unspecified atom stereocenters. The van der Waals surface area contributed by atoms with Crippen molar-refractivity contribution in [1.29, 1.82) is 0 Å². The summed E-state index contributed by atoms with van der Waals surface area (Å²) in [7, 11) is 0. The van der Waals surface area contributed by atoms with E-state index >= 15 is 0 Å². The number of nitrogens with zero attached hydrogens (tertiary/aromatic N) is 1. The van der Waals surface area contributed by atoms with E-state index in [1.165, 1.54) is 11.8 Å². The van der Waals surface area contributed by atoms with Crippen molar-refractivity contribution in [2.24, 2.45) is 0 Å². The summed E-state index contributed by atoms with van der Waals surface area (Å²) in [6, 6.07) is 5.75. The minimum Gasteiger partial charge on any atom is -0.487 e. The molecule has 35 heavy (non-hydrogen) atoms. The summed E-state index contributed by atoms with van der Waals surface area (Å²) < 4.78 is 111. The van der Waals surface area contributed by atoms with Crippen LogP contribution in [0.3, 0.4) is 0 Å². The third kappa shape index (κ3) is 5.61. The molecule has 16 heteroatoms. The van der Waals surface area contributed by atoms with E-state index in [1.807, 2.05) is 0 Å². The lowest BCUT2D eigenvalue weighted by Crippen LogP contribution is -2.53. The van der Waals surface area contributed by atoms with Gasteiger partial charge in [-0.1, -0.05) is 23.4 Å². The van der Waals surface area contributed by atoms with E-state index in [9.17, 15) is 49.5 Å². The number of thioether (sulfide) groups is 1. The highest BCUT2D eigenvalue weighted by Crippen LogP contribution is 2.40. The van der Waals surface area contributed by atoms with Gasteiger partial charge in [0, 0.05) is 9.92 Å². The van der Waals surface area contributed by atoms with E-state index in [0.717, 1.165) is 4.90 Å². The Morgan fingerprint density at radius 2 is 1.60 bits per heavy atom. The normalized spacial score (nSPS) is 15.3. The Balaban J connectivity index is 1.88. The van der Waals surface area contributed by atoms with Gasteiger partial charge >= 0.3 is 24.2 Å². The quantitative estimate of drug-likeness (QED) is 0.532. The van der Waals surface area contributed by atoms with Crippen molar-refractivity contribution >= 4 is 46.8 Å². The standard InChI is InChI=1S/C19H9ClF8N2O4S/c20-7-1-4-11-9(5-7)29-12(35-11)6-34-10-3-2-8(21)13(14(10)22)15(31)30(16(32)18(23,24)25)17(33)19(26,27)28/h1-5,12,29H,6H2. The monoisotopic (exact) mass is 548 g/mol. The van der Waals surface area contributed by atoms with Crippen LogP contribution >= 0.6 is 23.4 Å². The van der Waals surface area contributed by atoms with Crippen LogP contribution in [0.2, 0.25) is 5.02 Å². The lowest BCUT2D eigenvalue weighted by Gasteiger charge is -2.22. The Kier molecular flexibility index (Phi) is 7.22. The Morgan fingerprint density at radius 3 is 2.17 bits per heavy atom. The number of nitrogens with one attached hydrogen (secondary N) is 1. The molecular formula is C19H9ClF8N2O4S. The van der Waals surface area contributed by atoms with Gasteiger partial charge in [-0.2, -0.15) is 31.2 Å². The minimum absolute atomic E-state index is 0.309. The van der Waals surface area contributed by atoms with Crippen molar-refractivity contribution in [1.82, 2.24) is 4.90 Å². The molecule has 1 aliphatic rings. The number of hydrogen-bond donors (Lipinski definition) is 1. The third-order valence-electron chi connectivity index (χ3n) is 4.28. The van der Waals surface area contributed by atoms with Gasteiger partial charge in [-0.05, 0) is 30.3 Å².